The SMILES string of the molecule is CSc1ccc(-c2noc(-c3cccc(N)c3)n2)cc1. The Hall–Kier alpha value is -2.27. The van der Waals surface area contributed by atoms with Crippen LogP contribution in [0.3, 0.4) is 0 Å². The summed E-state index contributed by atoms with van der Waals surface area (Å²) in [5.74, 6) is 1.05. The summed E-state index contributed by atoms with van der Waals surface area (Å²) in [6.45, 7) is 0. The van der Waals surface area contributed by atoms with E-state index in [-0.39, 0.29) is 0 Å². The maximum atomic E-state index is 5.75. The van der Waals surface area contributed by atoms with Crippen LogP contribution in [0.5, 0.6) is 0 Å². The summed E-state index contributed by atoms with van der Waals surface area (Å²) in [6, 6.07) is 15.4. The normalized spacial score (nSPS) is 10.7. The molecule has 0 saturated carbocycles. The Kier molecular flexibility index (Phi) is 3.43. The topological polar surface area (TPSA) is 64.9 Å². The first-order valence-corrected chi connectivity index (χ1v) is 7.33. The van der Waals surface area contributed by atoms with E-state index in [4.69, 9.17) is 10.3 Å². The maximum absolute atomic E-state index is 5.75. The van der Waals surface area contributed by atoms with Crippen molar-refractivity contribution in [2.24, 2.45) is 0 Å². The van der Waals surface area contributed by atoms with Gasteiger partial charge in [0.2, 0.25) is 5.82 Å². The highest BCUT2D eigenvalue weighted by molar-refractivity contribution is 7.98. The number of aromatic nitrogens is 2. The summed E-state index contributed by atoms with van der Waals surface area (Å²) in [4.78, 5) is 5.61. The first-order chi connectivity index (χ1) is 9.76. The minimum atomic E-state index is 0.473. The van der Waals surface area contributed by atoms with Crippen molar-refractivity contribution in [1.82, 2.24) is 10.1 Å². The summed E-state index contributed by atoms with van der Waals surface area (Å²) < 4.78 is 5.29. The van der Waals surface area contributed by atoms with Crippen molar-refractivity contribution in [2.75, 3.05) is 12.0 Å². The summed E-state index contributed by atoms with van der Waals surface area (Å²) >= 11 is 1.70. The molecule has 0 spiro atoms. The van der Waals surface area contributed by atoms with Crippen LogP contribution in [0, 0.1) is 0 Å². The second kappa shape index (κ2) is 5.38. The number of rotatable bonds is 3. The van der Waals surface area contributed by atoms with E-state index in [0.717, 1.165) is 11.1 Å². The van der Waals surface area contributed by atoms with Crippen LogP contribution in [0.2, 0.25) is 0 Å². The molecule has 5 heteroatoms. The summed E-state index contributed by atoms with van der Waals surface area (Å²) in [5, 5.41) is 4.01. The van der Waals surface area contributed by atoms with Crippen LogP contribution in [-0.4, -0.2) is 16.4 Å². The van der Waals surface area contributed by atoms with E-state index in [9.17, 15) is 0 Å². The first-order valence-electron chi connectivity index (χ1n) is 6.10. The van der Waals surface area contributed by atoms with E-state index in [1.54, 1.807) is 11.8 Å². The lowest BCUT2D eigenvalue weighted by atomic mass is 10.2. The number of thioether (sulfide) groups is 1. The molecule has 3 aromatic rings. The number of hydrogen-bond donors (Lipinski definition) is 1. The smallest absolute Gasteiger partial charge is 0.258 e. The molecule has 0 saturated heterocycles. The van der Waals surface area contributed by atoms with E-state index in [2.05, 4.69) is 10.1 Å². The molecule has 0 radical (unpaired) electrons. The second-order valence-corrected chi connectivity index (χ2v) is 5.16. The molecular formula is C15H13N3OS. The zero-order valence-electron chi connectivity index (χ0n) is 10.9. The van der Waals surface area contributed by atoms with Crippen LogP contribution in [0.4, 0.5) is 5.69 Å². The van der Waals surface area contributed by atoms with E-state index in [1.807, 2.05) is 54.8 Å². The number of benzene rings is 2. The van der Waals surface area contributed by atoms with Gasteiger partial charge in [-0.3, -0.25) is 0 Å². The Morgan fingerprint density at radius 3 is 2.55 bits per heavy atom. The molecule has 1 aromatic heterocycles. The van der Waals surface area contributed by atoms with Gasteiger partial charge in [-0.25, -0.2) is 0 Å². The van der Waals surface area contributed by atoms with Gasteiger partial charge in [0.25, 0.3) is 5.89 Å². The molecule has 0 aliphatic carbocycles. The van der Waals surface area contributed by atoms with Crippen molar-refractivity contribution < 1.29 is 4.52 Å². The summed E-state index contributed by atoms with van der Waals surface area (Å²) in [7, 11) is 0. The predicted molar refractivity (Wildman–Crippen MR) is 81.4 cm³/mol. The van der Waals surface area contributed by atoms with Gasteiger partial charge in [0.05, 0.1) is 0 Å². The third kappa shape index (κ3) is 2.53. The van der Waals surface area contributed by atoms with Gasteiger partial charge in [-0.2, -0.15) is 4.98 Å². The molecule has 20 heavy (non-hydrogen) atoms. The Bertz CT molecular complexity index is 722. The minimum Gasteiger partial charge on any atom is -0.399 e. The van der Waals surface area contributed by atoms with Gasteiger partial charge in [-0.1, -0.05) is 11.2 Å². The molecular weight excluding hydrogens is 270 g/mol. The molecule has 2 aromatic carbocycles. The summed E-state index contributed by atoms with van der Waals surface area (Å²) in [5.41, 5.74) is 8.18. The molecule has 100 valence electrons. The van der Waals surface area contributed by atoms with Crippen LogP contribution in [0.1, 0.15) is 0 Å². The van der Waals surface area contributed by atoms with Crippen molar-refractivity contribution in [1.29, 1.82) is 0 Å². The predicted octanol–water partition coefficient (Wildman–Crippen LogP) is 3.71. The van der Waals surface area contributed by atoms with Crippen LogP contribution in [0.25, 0.3) is 22.8 Å². The molecule has 0 aliphatic heterocycles. The molecule has 0 fully saturated rings. The highest BCUT2D eigenvalue weighted by Crippen LogP contribution is 2.25. The van der Waals surface area contributed by atoms with Crippen LogP contribution in [-0.2, 0) is 0 Å². The van der Waals surface area contributed by atoms with Gasteiger partial charge in [0.1, 0.15) is 0 Å². The third-order valence-corrected chi connectivity index (χ3v) is 3.65. The molecule has 0 amide bonds. The average molecular weight is 283 g/mol. The largest absolute Gasteiger partial charge is 0.399 e. The molecule has 4 nitrogen and oxygen atoms in total. The fourth-order valence-corrected chi connectivity index (χ4v) is 2.28. The number of nitrogens with zero attached hydrogens (tertiary/aromatic N) is 2. The third-order valence-electron chi connectivity index (χ3n) is 2.91. The molecule has 0 unspecified atom stereocenters. The zero-order valence-corrected chi connectivity index (χ0v) is 11.7. The second-order valence-electron chi connectivity index (χ2n) is 4.28. The lowest BCUT2D eigenvalue weighted by molar-refractivity contribution is 0.432. The Morgan fingerprint density at radius 2 is 1.85 bits per heavy atom. The van der Waals surface area contributed by atoms with E-state index in [1.165, 1.54) is 4.90 Å². The van der Waals surface area contributed by atoms with Gasteiger partial charge in [-0.05, 0) is 48.7 Å². The van der Waals surface area contributed by atoms with Crippen LogP contribution in [0.15, 0.2) is 57.9 Å². The highest BCUT2D eigenvalue weighted by Gasteiger charge is 2.10. The Morgan fingerprint density at radius 1 is 1.05 bits per heavy atom. The van der Waals surface area contributed by atoms with Crippen molar-refractivity contribution in [3.63, 3.8) is 0 Å². The summed E-state index contributed by atoms with van der Waals surface area (Å²) in [6.07, 6.45) is 2.04. The van der Waals surface area contributed by atoms with Gasteiger partial charge >= 0.3 is 0 Å². The van der Waals surface area contributed by atoms with Crippen molar-refractivity contribution >= 4 is 17.4 Å². The van der Waals surface area contributed by atoms with Gasteiger partial charge in [0, 0.05) is 21.7 Å². The molecule has 3 rings (SSSR count). The Balaban J connectivity index is 1.93. The average Bonchev–Trinajstić information content (AvgIpc) is 2.97. The first kappa shape index (κ1) is 12.7. The Labute approximate surface area is 121 Å². The van der Waals surface area contributed by atoms with E-state index < -0.39 is 0 Å². The molecule has 2 N–H and O–H groups in total. The maximum Gasteiger partial charge on any atom is 0.258 e. The lowest BCUT2D eigenvalue weighted by Crippen LogP contribution is -1.85. The quantitative estimate of drug-likeness (QED) is 0.586. The van der Waals surface area contributed by atoms with Crippen molar-refractivity contribution in [2.45, 2.75) is 4.90 Å². The van der Waals surface area contributed by atoms with Crippen LogP contribution >= 0.6 is 11.8 Å². The van der Waals surface area contributed by atoms with Gasteiger partial charge in [0.15, 0.2) is 0 Å². The standard InChI is InChI=1S/C15H13N3OS/c1-20-13-7-5-10(6-8-13)14-17-15(19-18-14)11-3-2-4-12(16)9-11/h2-9H,16H2,1H3. The lowest BCUT2D eigenvalue weighted by Gasteiger charge is -1.97. The van der Waals surface area contributed by atoms with Gasteiger partial charge < -0.3 is 10.3 Å². The number of nitrogen functional groups attached to an aromatic ring is 1. The van der Waals surface area contributed by atoms with Gasteiger partial charge in [-0.15, -0.1) is 11.8 Å². The molecule has 0 aliphatic rings. The fourth-order valence-electron chi connectivity index (χ4n) is 1.87. The minimum absolute atomic E-state index is 0.473. The molecule has 0 bridgehead atoms. The van der Waals surface area contributed by atoms with Crippen LogP contribution < -0.4 is 5.73 Å². The van der Waals surface area contributed by atoms with Crippen molar-refractivity contribution in [3.05, 3.63) is 48.5 Å². The fraction of sp³-hybridized carbons (Fsp3) is 0.0667. The molecule has 1 heterocycles. The van der Waals surface area contributed by atoms with E-state index >= 15 is 0 Å². The number of hydrogen-bond acceptors (Lipinski definition) is 5. The number of anilines is 1. The highest BCUT2D eigenvalue weighted by atomic mass is 32.2. The monoisotopic (exact) mass is 283 g/mol. The zero-order chi connectivity index (χ0) is 13.9. The molecule has 0 atom stereocenters. The number of nitrogens with two attached hydrogens (primary N) is 1. The van der Waals surface area contributed by atoms with Crippen molar-refractivity contribution in [3.8, 4) is 22.8 Å². The van der Waals surface area contributed by atoms with E-state index in [0.29, 0.717) is 17.4 Å².